The van der Waals surface area contributed by atoms with Gasteiger partial charge in [0.1, 0.15) is 17.6 Å². The molecule has 0 fully saturated rings. The van der Waals surface area contributed by atoms with Crippen LogP contribution in [0, 0.1) is 5.82 Å². The third kappa shape index (κ3) is 6.35. The fourth-order valence-corrected chi connectivity index (χ4v) is 3.37. The van der Waals surface area contributed by atoms with Crippen molar-refractivity contribution >= 4 is 11.8 Å². The molecule has 7 nitrogen and oxygen atoms in total. The average molecular weight is 454 g/mol. The van der Waals surface area contributed by atoms with E-state index in [1.165, 1.54) is 37.5 Å². The largest absolute Gasteiger partial charge is 0.493 e. The van der Waals surface area contributed by atoms with E-state index in [4.69, 9.17) is 13.9 Å². The molecule has 1 heterocycles. The Kier molecular flexibility index (Phi) is 8.07. The first-order chi connectivity index (χ1) is 15.9. The zero-order valence-electron chi connectivity index (χ0n) is 18.8. The van der Waals surface area contributed by atoms with Gasteiger partial charge in [-0.2, -0.15) is 0 Å². The van der Waals surface area contributed by atoms with Crippen molar-refractivity contribution in [2.45, 2.75) is 32.5 Å². The van der Waals surface area contributed by atoms with E-state index >= 15 is 0 Å². The molecule has 0 saturated heterocycles. The van der Waals surface area contributed by atoms with Gasteiger partial charge in [0.05, 0.1) is 33.4 Å². The second-order valence-corrected chi connectivity index (χ2v) is 7.49. The molecule has 0 aliphatic heterocycles. The van der Waals surface area contributed by atoms with E-state index in [-0.39, 0.29) is 37.1 Å². The summed E-state index contributed by atoms with van der Waals surface area (Å²) in [5, 5.41) is 2.79. The van der Waals surface area contributed by atoms with Gasteiger partial charge in [0, 0.05) is 6.54 Å². The van der Waals surface area contributed by atoms with Crippen molar-refractivity contribution in [2.24, 2.45) is 0 Å². The number of hydrogen-bond donors (Lipinski definition) is 1. The van der Waals surface area contributed by atoms with Crippen LogP contribution in [0.3, 0.4) is 0 Å². The molecule has 1 unspecified atom stereocenters. The maximum Gasteiger partial charge on any atom is 0.242 e. The molecule has 0 aliphatic rings. The van der Waals surface area contributed by atoms with Crippen LogP contribution in [0.15, 0.2) is 65.3 Å². The number of halogens is 1. The highest BCUT2D eigenvalue weighted by atomic mass is 19.1. The van der Waals surface area contributed by atoms with E-state index in [9.17, 15) is 14.0 Å². The first-order valence-electron chi connectivity index (χ1n) is 10.5. The van der Waals surface area contributed by atoms with Crippen molar-refractivity contribution in [2.75, 3.05) is 14.2 Å². The third-order valence-corrected chi connectivity index (χ3v) is 5.25. The van der Waals surface area contributed by atoms with Crippen molar-refractivity contribution in [3.63, 3.8) is 0 Å². The number of amides is 2. The Balaban J connectivity index is 1.78. The molecule has 1 N–H and O–H groups in total. The Morgan fingerprint density at radius 3 is 2.36 bits per heavy atom. The van der Waals surface area contributed by atoms with Gasteiger partial charge in [0.25, 0.3) is 0 Å². The number of ether oxygens (including phenoxy) is 2. The first-order valence-corrected chi connectivity index (χ1v) is 10.5. The summed E-state index contributed by atoms with van der Waals surface area (Å²) in [6, 6.07) is 13.8. The normalized spacial score (nSPS) is 11.5. The lowest BCUT2D eigenvalue weighted by Crippen LogP contribution is -2.47. The molecule has 3 rings (SSSR count). The minimum Gasteiger partial charge on any atom is -0.493 e. The number of furan rings is 1. The number of methoxy groups -OCH3 is 2. The van der Waals surface area contributed by atoms with E-state index in [0.29, 0.717) is 28.4 Å². The summed E-state index contributed by atoms with van der Waals surface area (Å²) in [7, 11) is 3.06. The van der Waals surface area contributed by atoms with E-state index < -0.39 is 6.04 Å². The lowest BCUT2D eigenvalue weighted by molar-refractivity contribution is -0.140. The van der Waals surface area contributed by atoms with Gasteiger partial charge in [-0.05, 0) is 54.4 Å². The van der Waals surface area contributed by atoms with Crippen molar-refractivity contribution in [3.05, 3.63) is 83.6 Å². The highest BCUT2D eigenvalue weighted by Crippen LogP contribution is 2.28. The summed E-state index contributed by atoms with van der Waals surface area (Å²) in [5.41, 5.74) is 1.42. The molecule has 0 spiro atoms. The van der Waals surface area contributed by atoms with Crippen molar-refractivity contribution in [1.29, 1.82) is 0 Å². The van der Waals surface area contributed by atoms with E-state index in [2.05, 4.69) is 5.32 Å². The number of benzene rings is 2. The Bertz CT molecular complexity index is 1070. The Labute approximate surface area is 192 Å². The summed E-state index contributed by atoms with van der Waals surface area (Å²) < 4.78 is 29.2. The Morgan fingerprint density at radius 1 is 1.03 bits per heavy atom. The molecule has 1 aromatic heterocycles. The molecule has 2 aromatic carbocycles. The van der Waals surface area contributed by atoms with Crippen molar-refractivity contribution in [1.82, 2.24) is 10.2 Å². The van der Waals surface area contributed by atoms with Crippen LogP contribution < -0.4 is 14.8 Å². The molecule has 174 valence electrons. The summed E-state index contributed by atoms with van der Waals surface area (Å²) in [5.74, 6) is 0.726. The monoisotopic (exact) mass is 454 g/mol. The smallest absolute Gasteiger partial charge is 0.242 e. The second-order valence-electron chi connectivity index (χ2n) is 7.49. The van der Waals surface area contributed by atoms with Crippen LogP contribution in [0.25, 0.3) is 0 Å². The second kappa shape index (κ2) is 11.2. The standard InChI is InChI=1S/C25H27FN2O5/c1-17(25(30)27-15-21-5-4-12-33-21)28(16-18-6-9-20(26)10-7-18)24(29)14-19-8-11-22(31-2)23(13-19)32-3/h4-13,17H,14-16H2,1-3H3,(H,27,30). The Hall–Kier alpha value is -3.81. The highest BCUT2D eigenvalue weighted by Gasteiger charge is 2.26. The lowest BCUT2D eigenvalue weighted by Gasteiger charge is -2.29. The van der Waals surface area contributed by atoms with E-state index in [1.54, 1.807) is 49.4 Å². The molecule has 0 aliphatic carbocycles. The van der Waals surface area contributed by atoms with Crippen LogP contribution in [0.5, 0.6) is 11.5 Å². The predicted molar refractivity (Wildman–Crippen MR) is 120 cm³/mol. The lowest BCUT2D eigenvalue weighted by atomic mass is 10.1. The molecule has 3 aromatic rings. The number of nitrogens with one attached hydrogen (secondary N) is 1. The summed E-state index contributed by atoms with van der Waals surface area (Å²) in [4.78, 5) is 27.6. The molecule has 2 amide bonds. The van der Waals surface area contributed by atoms with Crippen LogP contribution in [0.1, 0.15) is 23.8 Å². The fourth-order valence-electron chi connectivity index (χ4n) is 3.37. The van der Waals surface area contributed by atoms with E-state index in [1.807, 2.05) is 0 Å². The molecule has 1 atom stereocenters. The number of nitrogens with zero attached hydrogens (tertiary/aromatic N) is 1. The zero-order valence-corrected chi connectivity index (χ0v) is 18.8. The molecule has 0 bridgehead atoms. The SMILES string of the molecule is COc1ccc(CC(=O)N(Cc2ccc(F)cc2)C(C)C(=O)NCc2ccco2)cc1OC. The number of rotatable bonds is 10. The number of carbonyl (C=O) groups excluding carboxylic acids is 2. The average Bonchev–Trinajstić information content (AvgIpc) is 3.35. The number of hydrogen-bond acceptors (Lipinski definition) is 5. The van der Waals surface area contributed by atoms with Gasteiger partial charge in [-0.15, -0.1) is 0 Å². The molecule has 33 heavy (non-hydrogen) atoms. The van der Waals surface area contributed by atoms with Gasteiger partial charge in [0.2, 0.25) is 11.8 Å². The highest BCUT2D eigenvalue weighted by molar-refractivity contribution is 5.88. The summed E-state index contributed by atoms with van der Waals surface area (Å²) in [6.45, 7) is 2.03. The van der Waals surface area contributed by atoms with Gasteiger partial charge in [-0.3, -0.25) is 9.59 Å². The summed E-state index contributed by atoms with van der Waals surface area (Å²) in [6.07, 6.45) is 1.58. The van der Waals surface area contributed by atoms with Crippen LogP contribution in [-0.2, 0) is 29.1 Å². The van der Waals surface area contributed by atoms with Gasteiger partial charge < -0.3 is 24.1 Å². The minimum absolute atomic E-state index is 0.0529. The third-order valence-electron chi connectivity index (χ3n) is 5.25. The van der Waals surface area contributed by atoms with Crippen molar-refractivity contribution < 1.29 is 27.9 Å². The van der Waals surface area contributed by atoms with Gasteiger partial charge in [0.15, 0.2) is 11.5 Å². The minimum atomic E-state index is -0.766. The van der Waals surface area contributed by atoms with Gasteiger partial charge >= 0.3 is 0 Å². The van der Waals surface area contributed by atoms with E-state index in [0.717, 1.165) is 0 Å². The van der Waals surface area contributed by atoms with Crippen LogP contribution in [0.2, 0.25) is 0 Å². The molecule has 0 radical (unpaired) electrons. The summed E-state index contributed by atoms with van der Waals surface area (Å²) >= 11 is 0. The van der Waals surface area contributed by atoms with Crippen LogP contribution >= 0.6 is 0 Å². The first kappa shape index (κ1) is 23.8. The molecular weight excluding hydrogens is 427 g/mol. The maximum absolute atomic E-state index is 13.3. The zero-order chi connectivity index (χ0) is 23.8. The maximum atomic E-state index is 13.3. The topological polar surface area (TPSA) is 81.0 Å². The fraction of sp³-hybridized carbons (Fsp3) is 0.280. The molecule has 8 heteroatoms. The number of carbonyl (C=O) groups is 2. The predicted octanol–water partition coefficient (Wildman–Crippen LogP) is 3.71. The van der Waals surface area contributed by atoms with Gasteiger partial charge in [-0.25, -0.2) is 4.39 Å². The Morgan fingerprint density at radius 2 is 1.73 bits per heavy atom. The molecular formula is C25H27FN2O5. The molecule has 0 saturated carbocycles. The van der Waals surface area contributed by atoms with Gasteiger partial charge in [-0.1, -0.05) is 18.2 Å². The van der Waals surface area contributed by atoms with Crippen molar-refractivity contribution in [3.8, 4) is 11.5 Å². The van der Waals surface area contributed by atoms with Crippen LogP contribution in [-0.4, -0.2) is 37.0 Å². The quantitative estimate of drug-likeness (QED) is 0.505. The van der Waals surface area contributed by atoms with Crippen LogP contribution in [0.4, 0.5) is 4.39 Å².